The van der Waals surface area contributed by atoms with Crippen molar-refractivity contribution in [3.05, 3.63) is 29.8 Å². The van der Waals surface area contributed by atoms with Gasteiger partial charge in [-0.05, 0) is 51.3 Å². The van der Waals surface area contributed by atoms with Gasteiger partial charge in [-0.1, -0.05) is 12.1 Å². The fourth-order valence-electron chi connectivity index (χ4n) is 3.08. The van der Waals surface area contributed by atoms with Gasteiger partial charge in [0.1, 0.15) is 11.9 Å². The molecule has 1 fully saturated rings. The largest absolute Gasteiger partial charge is 0.489 e. The molecule has 0 saturated carbocycles. The molecular weight excluding hydrogens is 457 g/mol. The van der Waals surface area contributed by atoms with Crippen LogP contribution in [0.5, 0.6) is 5.75 Å². The number of aliphatic hydroxyl groups is 1. The summed E-state index contributed by atoms with van der Waals surface area (Å²) in [6.07, 6.45) is 1.69. The van der Waals surface area contributed by atoms with Gasteiger partial charge in [-0.15, -0.1) is 24.0 Å². The zero-order valence-electron chi connectivity index (χ0n) is 16.7. The second-order valence-electron chi connectivity index (χ2n) is 7.10. The maximum Gasteiger partial charge on any atom is 0.191 e. The van der Waals surface area contributed by atoms with Crippen molar-refractivity contribution in [2.24, 2.45) is 10.4 Å². The zero-order chi connectivity index (χ0) is 18.8. The highest BCUT2D eigenvalue weighted by molar-refractivity contribution is 14.0. The number of guanidine groups is 1. The van der Waals surface area contributed by atoms with Gasteiger partial charge >= 0.3 is 0 Å². The number of halogens is 1. The number of benzene rings is 1. The summed E-state index contributed by atoms with van der Waals surface area (Å²) in [5.74, 6) is 1.66. The minimum atomic E-state index is -0.0409. The first kappa shape index (κ1) is 24.0. The maximum absolute atomic E-state index is 9.34. The summed E-state index contributed by atoms with van der Waals surface area (Å²) in [6, 6.07) is 8.07. The SMILES string of the molecule is CCNC(=NCC1(CCO)CCOC1)NCC(C)Oc1cccc(C)c1.I. The van der Waals surface area contributed by atoms with Crippen molar-refractivity contribution in [2.45, 2.75) is 39.7 Å². The molecule has 0 radical (unpaired) electrons. The smallest absolute Gasteiger partial charge is 0.191 e. The number of aryl methyl sites for hydroxylation is 1. The molecule has 0 aliphatic carbocycles. The molecule has 7 heteroatoms. The standard InChI is InChI=1S/C20H33N3O3.HI/c1-4-21-19(23-14-20(8-10-24)9-11-25-15-20)22-13-17(3)26-18-7-5-6-16(2)12-18;/h5-7,12,17,24H,4,8-11,13-15H2,1-3H3,(H2,21,22,23);1H. The van der Waals surface area contributed by atoms with Gasteiger partial charge in [0.05, 0.1) is 19.7 Å². The van der Waals surface area contributed by atoms with Crippen molar-refractivity contribution < 1.29 is 14.6 Å². The normalized spacial score (nSPS) is 20.7. The Morgan fingerprint density at radius 3 is 2.85 bits per heavy atom. The Balaban J connectivity index is 0.00000364. The second-order valence-corrected chi connectivity index (χ2v) is 7.10. The van der Waals surface area contributed by atoms with Gasteiger partial charge < -0.3 is 25.2 Å². The van der Waals surface area contributed by atoms with E-state index in [1.807, 2.05) is 32.0 Å². The fourth-order valence-corrected chi connectivity index (χ4v) is 3.08. The Morgan fingerprint density at radius 1 is 1.41 bits per heavy atom. The monoisotopic (exact) mass is 491 g/mol. The van der Waals surface area contributed by atoms with Crippen LogP contribution in [0.15, 0.2) is 29.3 Å². The number of hydrogen-bond donors (Lipinski definition) is 3. The van der Waals surface area contributed by atoms with Crippen LogP contribution in [0.3, 0.4) is 0 Å². The highest BCUT2D eigenvalue weighted by atomic mass is 127. The molecule has 1 heterocycles. The van der Waals surface area contributed by atoms with E-state index in [1.54, 1.807) is 0 Å². The first-order valence-electron chi connectivity index (χ1n) is 9.51. The number of hydrogen-bond acceptors (Lipinski definition) is 4. The Morgan fingerprint density at radius 2 is 2.22 bits per heavy atom. The predicted octanol–water partition coefficient (Wildman–Crippen LogP) is 2.72. The molecule has 154 valence electrons. The average Bonchev–Trinajstić information content (AvgIpc) is 3.06. The Hall–Kier alpha value is -1.06. The molecule has 2 atom stereocenters. The third kappa shape index (κ3) is 8.23. The van der Waals surface area contributed by atoms with Crippen LogP contribution >= 0.6 is 24.0 Å². The van der Waals surface area contributed by atoms with Gasteiger partial charge in [0.2, 0.25) is 0 Å². The lowest BCUT2D eigenvalue weighted by molar-refractivity contribution is 0.131. The lowest BCUT2D eigenvalue weighted by atomic mass is 9.84. The summed E-state index contributed by atoms with van der Waals surface area (Å²) in [4.78, 5) is 4.73. The van der Waals surface area contributed by atoms with Crippen molar-refractivity contribution >= 4 is 29.9 Å². The molecular formula is C20H34IN3O3. The van der Waals surface area contributed by atoms with E-state index < -0.39 is 0 Å². The third-order valence-electron chi connectivity index (χ3n) is 4.63. The molecule has 0 aromatic heterocycles. The molecule has 0 bridgehead atoms. The second kappa shape index (κ2) is 12.4. The number of rotatable bonds is 9. The van der Waals surface area contributed by atoms with Crippen molar-refractivity contribution in [3.63, 3.8) is 0 Å². The summed E-state index contributed by atoms with van der Waals surface area (Å²) in [7, 11) is 0. The molecule has 1 saturated heterocycles. The Kier molecular flexibility index (Phi) is 11.0. The maximum atomic E-state index is 9.34. The average molecular weight is 491 g/mol. The third-order valence-corrected chi connectivity index (χ3v) is 4.63. The number of nitrogens with one attached hydrogen (secondary N) is 2. The molecule has 0 amide bonds. The van der Waals surface area contributed by atoms with E-state index in [0.29, 0.717) is 19.7 Å². The van der Waals surface area contributed by atoms with Gasteiger partial charge in [-0.2, -0.15) is 0 Å². The highest BCUT2D eigenvalue weighted by Gasteiger charge is 2.34. The first-order valence-corrected chi connectivity index (χ1v) is 9.51. The minimum absolute atomic E-state index is 0. The van der Waals surface area contributed by atoms with E-state index in [9.17, 15) is 5.11 Å². The van der Waals surface area contributed by atoms with Crippen LogP contribution in [-0.2, 0) is 4.74 Å². The topological polar surface area (TPSA) is 75.1 Å². The van der Waals surface area contributed by atoms with Crippen molar-refractivity contribution in [3.8, 4) is 5.75 Å². The molecule has 27 heavy (non-hydrogen) atoms. The summed E-state index contributed by atoms with van der Waals surface area (Å²) in [5.41, 5.74) is 1.14. The number of nitrogens with zero attached hydrogens (tertiary/aromatic N) is 1. The Bertz CT molecular complexity index is 577. The molecule has 2 unspecified atom stereocenters. The fraction of sp³-hybridized carbons (Fsp3) is 0.650. The van der Waals surface area contributed by atoms with Crippen LogP contribution in [-0.4, -0.2) is 56.6 Å². The van der Waals surface area contributed by atoms with Crippen LogP contribution in [0.2, 0.25) is 0 Å². The molecule has 1 aromatic rings. The lowest BCUT2D eigenvalue weighted by Crippen LogP contribution is -2.42. The van der Waals surface area contributed by atoms with Gasteiger partial charge in [-0.25, -0.2) is 0 Å². The van der Waals surface area contributed by atoms with Crippen LogP contribution in [0.4, 0.5) is 0 Å². The molecule has 1 aliphatic heterocycles. The van der Waals surface area contributed by atoms with Crippen LogP contribution in [0.25, 0.3) is 0 Å². The molecule has 1 aromatic carbocycles. The van der Waals surface area contributed by atoms with E-state index in [-0.39, 0.29) is 42.1 Å². The molecule has 2 rings (SSSR count). The van der Waals surface area contributed by atoms with Crippen LogP contribution in [0.1, 0.15) is 32.3 Å². The summed E-state index contributed by atoms with van der Waals surface area (Å²) < 4.78 is 11.5. The van der Waals surface area contributed by atoms with Crippen LogP contribution < -0.4 is 15.4 Å². The summed E-state index contributed by atoms with van der Waals surface area (Å²) in [6.45, 7) is 9.83. The molecule has 1 aliphatic rings. The Labute approximate surface area is 180 Å². The van der Waals surface area contributed by atoms with E-state index >= 15 is 0 Å². The number of ether oxygens (including phenoxy) is 2. The van der Waals surface area contributed by atoms with Crippen LogP contribution in [0, 0.1) is 12.3 Å². The molecule has 0 spiro atoms. The van der Waals surface area contributed by atoms with Gasteiger partial charge in [-0.3, -0.25) is 4.99 Å². The van der Waals surface area contributed by atoms with E-state index in [2.05, 4.69) is 23.6 Å². The van der Waals surface area contributed by atoms with Gasteiger partial charge in [0, 0.05) is 25.2 Å². The molecule has 6 nitrogen and oxygen atoms in total. The summed E-state index contributed by atoms with van der Waals surface area (Å²) in [5, 5.41) is 16.0. The van der Waals surface area contributed by atoms with Gasteiger partial charge in [0.25, 0.3) is 0 Å². The quantitative estimate of drug-likeness (QED) is 0.282. The number of aliphatic imine (C=N–C) groups is 1. The van der Waals surface area contributed by atoms with Crippen molar-refractivity contribution in [1.82, 2.24) is 10.6 Å². The predicted molar refractivity (Wildman–Crippen MR) is 120 cm³/mol. The molecule has 3 N–H and O–H groups in total. The first-order chi connectivity index (χ1) is 12.6. The lowest BCUT2D eigenvalue weighted by Gasteiger charge is -2.25. The number of aliphatic hydroxyl groups excluding tert-OH is 1. The van der Waals surface area contributed by atoms with Gasteiger partial charge in [0.15, 0.2) is 5.96 Å². The van der Waals surface area contributed by atoms with E-state index in [0.717, 1.165) is 37.7 Å². The summed E-state index contributed by atoms with van der Waals surface area (Å²) >= 11 is 0. The van der Waals surface area contributed by atoms with E-state index in [4.69, 9.17) is 14.5 Å². The zero-order valence-corrected chi connectivity index (χ0v) is 19.0. The minimum Gasteiger partial charge on any atom is -0.489 e. The van der Waals surface area contributed by atoms with Crippen molar-refractivity contribution in [2.75, 3.05) is 39.5 Å². The van der Waals surface area contributed by atoms with Crippen molar-refractivity contribution in [1.29, 1.82) is 0 Å². The van der Waals surface area contributed by atoms with E-state index in [1.165, 1.54) is 5.56 Å². The highest BCUT2D eigenvalue weighted by Crippen LogP contribution is 2.32.